The SMILES string of the molecule is CCCCCOc1nc(C)c(C)nc1Cl. The molecule has 15 heavy (non-hydrogen) atoms. The van der Waals surface area contributed by atoms with Gasteiger partial charge < -0.3 is 4.74 Å². The lowest BCUT2D eigenvalue weighted by Gasteiger charge is -2.08. The number of nitrogens with zero attached hydrogens (tertiary/aromatic N) is 2. The van der Waals surface area contributed by atoms with E-state index in [0.29, 0.717) is 17.6 Å². The van der Waals surface area contributed by atoms with Crippen molar-refractivity contribution in [2.75, 3.05) is 6.61 Å². The van der Waals surface area contributed by atoms with Gasteiger partial charge >= 0.3 is 0 Å². The Morgan fingerprint density at radius 2 is 1.80 bits per heavy atom. The van der Waals surface area contributed by atoms with Crippen molar-refractivity contribution in [1.29, 1.82) is 0 Å². The number of hydrogen-bond acceptors (Lipinski definition) is 3. The van der Waals surface area contributed by atoms with E-state index >= 15 is 0 Å². The van der Waals surface area contributed by atoms with Crippen molar-refractivity contribution in [3.05, 3.63) is 16.5 Å². The van der Waals surface area contributed by atoms with Crippen LogP contribution in [0.1, 0.15) is 37.6 Å². The van der Waals surface area contributed by atoms with Crippen molar-refractivity contribution in [3.63, 3.8) is 0 Å². The summed E-state index contributed by atoms with van der Waals surface area (Å²) in [5.74, 6) is 0.455. The average Bonchev–Trinajstić information content (AvgIpc) is 2.20. The van der Waals surface area contributed by atoms with E-state index in [2.05, 4.69) is 16.9 Å². The van der Waals surface area contributed by atoms with Crippen LogP contribution in [0.25, 0.3) is 0 Å². The van der Waals surface area contributed by atoms with Crippen molar-refractivity contribution >= 4 is 11.6 Å². The largest absolute Gasteiger partial charge is 0.475 e. The topological polar surface area (TPSA) is 35.0 Å². The van der Waals surface area contributed by atoms with E-state index in [9.17, 15) is 0 Å². The van der Waals surface area contributed by atoms with E-state index in [-0.39, 0.29) is 0 Å². The van der Waals surface area contributed by atoms with Gasteiger partial charge in [-0.25, -0.2) is 9.97 Å². The van der Waals surface area contributed by atoms with E-state index < -0.39 is 0 Å². The van der Waals surface area contributed by atoms with Crippen molar-refractivity contribution in [1.82, 2.24) is 9.97 Å². The van der Waals surface area contributed by atoms with E-state index in [4.69, 9.17) is 16.3 Å². The van der Waals surface area contributed by atoms with Crippen LogP contribution in [0.5, 0.6) is 5.88 Å². The van der Waals surface area contributed by atoms with Crippen LogP contribution in [0.2, 0.25) is 5.15 Å². The molecule has 0 aliphatic carbocycles. The molecule has 0 bridgehead atoms. The number of aryl methyl sites for hydroxylation is 2. The van der Waals surface area contributed by atoms with Gasteiger partial charge in [-0.3, -0.25) is 0 Å². The first kappa shape index (κ1) is 12.2. The van der Waals surface area contributed by atoms with Gasteiger partial charge in [0.1, 0.15) is 0 Å². The quantitative estimate of drug-likeness (QED) is 0.726. The Labute approximate surface area is 95.8 Å². The molecule has 3 nitrogen and oxygen atoms in total. The Kier molecular flexibility index (Phi) is 4.82. The predicted molar refractivity (Wildman–Crippen MR) is 61.5 cm³/mol. The van der Waals surface area contributed by atoms with Gasteiger partial charge in [0, 0.05) is 0 Å². The Morgan fingerprint density at radius 3 is 2.47 bits per heavy atom. The first-order valence-electron chi connectivity index (χ1n) is 5.28. The second kappa shape index (κ2) is 5.91. The summed E-state index contributed by atoms with van der Waals surface area (Å²) in [7, 11) is 0. The molecule has 1 rings (SSSR count). The van der Waals surface area contributed by atoms with Crippen LogP contribution in [0.3, 0.4) is 0 Å². The molecule has 0 aromatic carbocycles. The van der Waals surface area contributed by atoms with E-state index in [1.54, 1.807) is 0 Å². The number of rotatable bonds is 5. The van der Waals surface area contributed by atoms with Gasteiger partial charge in [-0.05, 0) is 20.3 Å². The van der Waals surface area contributed by atoms with Crippen LogP contribution in [0, 0.1) is 13.8 Å². The number of halogens is 1. The fraction of sp³-hybridized carbons (Fsp3) is 0.636. The Balaban J connectivity index is 2.57. The molecule has 0 N–H and O–H groups in total. The molecule has 0 atom stereocenters. The lowest BCUT2D eigenvalue weighted by molar-refractivity contribution is 0.293. The molecule has 0 spiro atoms. The smallest absolute Gasteiger partial charge is 0.252 e. The summed E-state index contributed by atoms with van der Waals surface area (Å²) in [6.07, 6.45) is 3.37. The normalized spacial score (nSPS) is 10.4. The molecular weight excluding hydrogens is 212 g/mol. The summed E-state index contributed by atoms with van der Waals surface area (Å²) in [5, 5.41) is 0.356. The monoisotopic (exact) mass is 228 g/mol. The van der Waals surface area contributed by atoms with E-state index in [0.717, 1.165) is 24.2 Å². The Hall–Kier alpha value is -0.830. The Bertz CT molecular complexity index is 329. The summed E-state index contributed by atoms with van der Waals surface area (Å²) < 4.78 is 5.47. The Morgan fingerprint density at radius 1 is 1.13 bits per heavy atom. The van der Waals surface area contributed by atoms with Crippen LogP contribution in [0.4, 0.5) is 0 Å². The molecule has 0 unspecified atom stereocenters. The molecule has 0 fully saturated rings. The van der Waals surface area contributed by atoms with Crippen LogP contribution in [-0.2, 0) is 0 Å². The highest BCUT2D eigenvalue weighted by Crippen LogP contribution is 2.20. The molecule has 0 aliphatic rings. The van der Waals surface area contributed by atoms with Crippen molar-refractivity contribution < 1.29 is 4.74 Å². The third-order valence-corrected chi connectivity index (χ3v) is 2.47. The molecule has 1 aromatic heterocycles. The molecule has 0 amide bonds. The summed E-state index contributed by atoms with van der Waals surface area (Å²) >= 11 is 5.92. The van der Waals surface area contributed by atoms with Gasteiger partial charge in [0.15, 0.2) is 5.15 Å². The molecule has 0 radical (unpaired) electrons. The maximum atomic E-state index is 5.92. The van der Waals surface area contributed by atoms with Gasteiger partial charge in [0.2, 0.25) is 0 Å². The highest BCUT2D eigenvalue weighted by molar-refractivity contribution is 6.30. The van der Waals surface area contributed by atoms with Crippen LogP contribution in [-0.4, -0.2) is 16.6 Å². The fourth-order valence-corrected chi connectivity index (χ4v) is 1.39. The molecular formula is C11H17ClN2O. The van der Waals surface area contributed by atoms with Crippen LogP contribution in [0.15, 0.2) is 0 Å². The number of aromatic nitrogens is 2. The first-order valence-corrected chi connectivity index (χ1v) is 5.66. The predicted octanol–water partition coefficient (Wildman–Crippen LogP) is 3.32. The standard InChI is InChI=1S/C11H17ClN2O/c1-4-5-6-7-15-11-10(12)13-8(2)9(3)14-11/h4-7H2,1-3H3. The van der Waals surface area contributed by atoms with Crippen LogP contribution >= 0.6 is 11.6 Å². The van der Waals surface area contributed by atoms with Gasteiger partial charge in [-0.15, -0.1) is 0 Å². The van der Waals surface area contributed by atoms with Crippen molar-refractivity contribution in [2.24, 2.45) is 0 Å². The minimum atomic E-state index is 0.356. The number of unbranched alkanes of at least 4 members (excludes halogenated alkanes) is 2. The maximum Gasteiger partial charge on any atom is 0.252 e. The molecule has 0 saturated carbocycles. The molecule has 0 saturated heterocycles. The lowest BCUT2D eigenvalue weighted by Crippen LogP contribution is -2.03. The summed E-state index contributed by atoms with van der Waals surface area (Å²) in [5.41, 5.74) is 1.71. The van der Waals surface area contributed by atoms with Gasteiger partial charge in [-0.1, -0.05) is 31.4 Å². The maximum absolute atomic E-state index is 5.92. The molecule has 1 aromatic rings. The summed E-state index contributed by atoms with van der Waals surface area (Å²) in [4.78, 5) is 8.40. The zero-order valence-corrected chi connectivity index (χ0v) is 10.3. The van der Waals surface area contributed by atoms with Crippen molar-refractivity contribution in [2.45, 2.75) is 40.0 Å². The minimum absolute atomic E-state index is 0.356. The fourth-order valence-electron chi connectivity index (χ4n) is 1.17. The lowest BCUT2D eigenvalue weighted by atomic mass is 10.3. The van der Waals surface area contributed by atoms with Gasteiger partial charge in [-0.2, -0.15) is 0 Å². The minimum Gasteiger partial charge on any atom is -0.475 e. The molecule has 0 aliphatic heterocycles. The van der Waals surface area contributed by atoms with Gasteiger partial charge in [0.25, 0.3) is 5.88 Å². The summed E-state index contributed by atoms with van der Waals surface area (Å²) in [6.45, 7) is 6.60. The molecule has 1 heterocycles. The second-order valence-corrected chi connectivity index (χ2v) is 3.90. The number of hydrogen-bond donors (Lipinski definition) is 0. The number of ether oxygens (including phenoxy) is 1. The highest BCUT2D eigenvalue weighted by atomic mass is 35.5. The highest BCUT2D eigenvalue weighted by Gasteiger charge is 2.07. The zero-order valence-electron chi connectivity index (χ0n) is 9.51. The van der Waals surface area contributed by atoms with Crippen molar-refractivity contribution in [3.8, 4) is 5.88 Å². The molecule has 4 heteroatoms. The summed E-state index contributed by atoms with van der Waals surface area (Å²) in [6, 6.07) is 0. The zero-order chi connectivity index (χ0) is 11.3. The average molecular weight is 229 g/mol. The van der Waals surface area contributed by atoms with Crippen LogP contribution < -0.4 is 4.74 Å². The van der Waals surface area contributed by atoms with E-state index in [1.165, 1.54) is 6.42 Å². The van der Waals surface area contributed by atoms with E-state index in [1.807, 2.05) is 13.8 Å². The third kappa shape index (κ3) is 3.67. The molecule has 84 valence electrons. The first-order chi connectivity index (χ1) is 7.15. The second-order valence-electron chi connectivity index (χ2n) is 3.55. The third-order valence-electron chi connectivity index (χ3n) is 2.22. The van der Waals surface area contributed by atoms with Gasteiger partial charge in [0.05, 0.1) is 18.0 Å².